The number of alkyl halides is 3. The van der Waals surface area contributed by atoms with Gasteiger partial charge in [0.25, 0.3) is 6.01 Å². The van der Waals surface area contributed by atoms with E-state index < -0.39 is 30.1 Å². The van der Waals surface area contributed by atoms with Crippen molar-refractivity contribution in [2.24, 2.45) is 0 Å². The first-order valence-electron chi connectivity index (χ1n) is 12.8. The van der Waals surface area contributed by atoms with Crippen LogP contribution in [0, 0.1) is 0 Å². The van der Waals surface area contributed by atoms with Gasteiger partial charge in [0.05, 0.1) is 29.9 Å². The summed E-state index contributed by atoms with van der Waals surface area (Å²) in [6, 6.07) is 2.83. The molecule has 2 bridgehead atoms. The molecule has 1 N–H and O–H groups in total. The molecule has 3 aromatic rings. The van der Waals surface area contributed by atoms with E-state index >= 15 is 0 Å². The predicted octanol–water partition coefficient (Wildman–Crippen LogP) is 5.29. The lowest BCUT2D eigenvalue weighted by atomic mass is 9.88. The molecule has 13 heteroatoms. The van der Waals surface area contributed by atoms with Gasteiger partial charge >= 0.3 is 12.3 Å². The monoisotopic (exact) mass is 566 g/mol. The van der Waals surface area contributed by atoms with E-state index in [0.29, 0.717) is 36.5 Å². The Morgan fingerprint density at radius 1 is 1.26 bits per heavy atom. The number of thiazole rings is 1. The van der Waals surface area contributed by atoms with Crippen LogP contribution in [0.3, 0.4) is 0 Å². The number of fused-ring (bicyclic) bond motifs is 3. The quantitative estimate of drug-likeness (QED) is 0.429. The first-order valence-corrected chi connectivity index (χ1v) is 13.7. The molecule has 3 saturated heterocycles. The molecule has 39 heavy (non-hydrogen) atoms. The summed E-state index contributed by atoms with van der Waals surface area (Å²) in [6.07, 6.45) is -4.18. The maximum absolute atomic E-state index is 14.2. The summed E-state index contributed by atoms with van der Waals surface area (Å²) in [7, 11) is 0. The summed E-state index contributed by atoms with van der Waals surface area (Å²) in [5, 5.41) is 12.5. The highest BCUT2D eigenvalue weighted by Gasteiger charge is 2.51. The van der Waals surface area contributed by atoms with Gasteiger partial charge in [0.1, 0.15) is 16.1 Å². The molecule has 1 aromatic carbocycles. The van der Waals surface area contributed by atoms with Gasteiger partial charge in [0.2, 0.25) is 0 Å². The van der Waals surface area contributed by atoms with Crippen molar-refractivity contribution in [3.63, 3.8) is 0 Å². The minimum Gasteiger partial charge on any atom is -0.444 e. The Balaban J connectivity index is 1.33. The van der Waals surface area contributed by atoms with E-state index in [0.717, 1.165) is 6.42 Å². The summed E-state index contributed by atoms with van der Waals surface area (Å²) >= 11 is 1.34. The van der Waals surface area contributed by atoms with Crippen LogP contribution < -0.4 is 4.90 Å². The molecule has 4 aliphatic rings. The van der Waals surface area contributed by atoms with Crippen LogP contribution in [0.5, 0.6) is 0 Å². The number of anilines is 1. The largest absolute Gasteiger partial charge is 0.444 e. The van der Waals surface area contributed by atoms with Gasteiger partial charge in [-0.2, -0.15) is 18.2 Å². The highest BCUT2D eigenvalue weighted by molar-refractivity contribution is 7.13. The molecule has 2 aromatic heterocycles. The van der Waals surface area contributed by atoms with Gasteiger partial charge in [0.15, 0.2) is 11.7 Å². The van der Waals surface area contributed by atoms with E-state index in [2.05, 4.69) is 9.97 Å². The van der Waals surface area contributed by atoms with Crippen LogP contribution in [-0.2, 0) is 9.47 Å². The molecule has 5 heterocycles. The zero-order valence-electron chi connectivity index (χ0n) is 21.7. The van der Waals surface area contributed by atoms with Gasteiger partial charge in [-0.1, -0.05) is 6.07 Å². The normalized spacial score (nSPS) is 23.1. The third-order valence-corrected chi connectivity index (χ3v) is 8.03. The van der Waals surface area contributed by atoms with Crippen molar-refractivity contribution in [1.29, 1.82) is 0 Å². The molecule has 210 valence electrons. The van der Waals surface area contributed by atoms with Crippen molar-refractivity contribution in [1.82, 2.24) is 14.9 Å². The van der Waals surface area contributed by atoms with Crippen molar-refractivity contribution < 1.29 is 37.0 Å². The Hall–Kier alpha value is -2.90. The van der Waals surface area contributed by atoms with Crippen LogP contribution >= 0.6 is 11.3 Å². The number of aromatic nitrogens is 2. The molecule has 3 unspecified atom stereocenters. The number of hydrogen-bond donors (Lipinski definition) is 1. The first kappa shape index (κ1) is 26.3. The Morgan fingerprint density at radius 2 is 1.97 bits per heavy atom. The van der Waals surface area contributed by atoms with Crippen LogP contribution in [0.4, 0.5) is 24.0 Å². The van der Waals surface area contributed by atoms with Crippen LogP contribution in [0.2, 0.25) is 0 Å². The number of oxazole rings is 1. The SMILES string of the molecule is CC(C)(C)OC(=O)N1C2CC1CN(c1nc3c(C(OCC4(O)CC4)C(F)(F)F)ccc(-c4nccs4)c3o1)C2. The number of rotatable bonds is 6. The number of aliphatic hydroxyl groups is 1. The van der Waals surface area contributed by atoms with Gasteiger partial charge in [-0.25, -0.2) is 9.78 Å². The molecule has 0 radical (unpaired) electrons. The molecular weight excluding hydrogens is 537 g/mol. The Morgan fingerprint density at radius 3 is 2.56 bits per heavy atom. The second-order valence-electron chi connectivity index (χ2n) is 11.5. The fourth-order valence-corrected chi connectivity index (χ4v) is 5.81. The minimum atomic E-state index is -4.74. The molecule has 9 nitrogen and oxygen atoms in total. The van der Waals surface area contributed by atoms with Crippen molar-refractivity contribution in [3.8, 4) is 10.6 Å². The van der Waals surface area contributed by atoms with Gasteiger partial charge in [0, 0.05) is 30.2 Å². The van der Waals surface area contributed by atoms with Crippen LogP contribution in [-0.4, -0.2) is 75.2 Å². The molecule has 7 rings (SSSR count). The lowest BCUT2D eigenvalue weighted by molar-refractivity contribution is -0.230. The number of halogens is 3. The molecule has 3 aliphatic heterocycles. The number of nitrogens with zero attached hydrogens (tertiary/aromatic N) is 4. The zero-order valence-corrected chi connectivity index (χ0v) is 22.5. The minimum absolute atomic E-state index is 0.0334. The summed E-state index contributed by atoms with van der Waals surface area (Å²) in [5.74, 6) is 0. The number of ether oxygens (including phenoxy) is 2. The van der Waals surface area contributed by atoms with Crippen molar-refractivity contribution >= 4 is 34.5 Å². The third-order valence-electron chi connectivity index (χ3n) is 7.22. The summed E-state index contributed by atoms with van der Waals surface area (Å²) in [4.78, 5) is 25.1. The van der Waals surface area contributed by atoms with Gasteiger partial charge in [-0.05, 0) is 46.1 Å². The summed E-state index contributed by atoms with van der Waals surface area (Å²) < 4.78 is 59.6. The smallest absolute Gasteiger partial charge is 0.418 e. The lowest BCUT2D eigenvalue weighted by Crippen LogP contribution is -2.70. The number of piperazine rings is 1. The second kappa shape index (κ2) is 9.07. The van der Waals surface area contributed by atoms with Crippen LogP contribution in [0.1, 0.15) is 51.7 Å². The molecule has 3 atom stereocenters. The first-order chi connectivity index (χ1) is 18.3. The third kappa shape index (κ3) is 5.07. The topological polar surface area (TPSA) is 101 Å². The van der Waals surface area contributed by atoms with E-state index in [-0.39, 0.29) is 40.9 Å². The van der Waals surface area contributed by atoms with Crippen LogP contribution in [0.15, 0.2) is 28.1 Å². The average Bonchev–Trinajstić information content (AvgIpc) is 3.23. The number of amides is 1. The zero-order chi connectivity index (χ0) is 27.7. The highest BCUT2D eigenvalue weighted by Crippen LogP contribution is 2.45. The summed E-state index contributed by atoms with van der Waals surface area (Å²) in [6.45, 7) is 5.84. The molecule has 4 fully saturated rings. The standard InChI is InChI=1S/C26H29F3N4O5S/c1-24(2,3)38-23(34)33-14-10-15(33)12-32(11-14)22-31-18-16(20(26(27,28)29)36-13-25(35)6-7-25)4-5-17(19(18)37-22)21-30-8-9-39-21/h4-5,8-9,14-15,20,35H,6-7,10-13H2,1-3H3. The van der Waals surface area contributed by atoms with E-state index in [9.17, 15) is 23.1 Å². The Bertz CT molecular complexity index is 1370. The van der Waals surface area contributed by atoms with Crippen molar-refractivity contribution in [2.75, 3.05) is 24.6 Å². The maximum Gasteiger partial charge on any atom is 0.418 e. The van der Waals surface area contributed by atoms with Gasteiger partial charge in [-0.15, -0.1) is 11.3 Å². The van der Waals surface area contributed by atoms with Crippen LogP contribution in [0.25, 0.3) is 21.7 Å². The average molecular weight is 567 g/mol. The number of carbonyl (C=O) groups excluding carboxylic acids is 1. The van der Waals surface area contributed by atoms with Gasteiger partial charge < -0.3 is 23.9 Å². The molecular formula is C26H29F3N4O5S. The van der Waals surface area contributed by atoms with Gasteiger partial charge in [-0.3, -0.25) is 4.90 Å². The van der Waals surface area contributed by atoms with Crippen molar-refractivity contribution in [2.45, 2.75) is 75.6 Å². The van der Waals surface area contributed by atoms with E-state index in [4.69, 9.17) is 13.9 Å². The van der Waals surface area contributed by atoms with E-state index in [1.807, 2.05) is 25.7 Å². The number of piperidine rings is 1. The Kier molecular flexibility index (Phi) is 6.12. The lowest BCUT2D eigenvalue weighted by Gasteiger charge is -2.55. The number of carbonyl (C=O) groups is 1. The maximum atomic E-state index is 14.2. The van der Waals surface area contributed by atoms with E-state index in [1.165, 1.54) is 23.5 Å². The Labute approximate surface area is 226 Å². The molecule has 1 amide bonds. The fourth-order valence-electron chi connectivity index (χ4n) is 5.15. The number of benzene rings is 1. The summed E-state index contributed by atoms with van der Waals surface area (Å²) in [5.41, 5.74) is -1.27. The predicted molar refractivity (Wildman–Crippen MR) is 137 cm³/mol. The highest BCUT2D eigenvalue weighted by atomic mass is 32.1. The second-order valence-corrected chi connectivity index (χ2v) is 12.4. The molecule has 1 saturated carbocycles. The van der Waals surface area contributed by atoms with E-state index in [1.54, 1.807) is 16.5 Å². The number of hydrogen-bond acceptors (Lipinski definition) is 9. The fraction of sp³-hybridized carbons (Fsp3) is 0.577. The molecule has 0 spiro atoms. The van der Waals surface area contributed by atoms with Crippen molar-refractivity contribution in [3.05, 3.63) is 29.3 Å². The molecule has 1 aliphatic carbocycles.